The highest BCUT2D eigenvalue weighted by Crippen LogP contribution is 2.32. The Morgan fingerprint density at radius 2 is 2.33 bits per heavy atom. The number of nitrogens with zero attached hydrogens (tertiary/aromatic N) is 2. The molecule has 1 aromatic heterocycles. The van der Waals surface area contributed by atoms with Crippen molar-refractivity contribution in [2.75, 3.05) is 6.54 Å². The average Bonchev–Trinajstić information content (AvgIpc) is 2.93. The van der Waals surface area contributed by atoms with E-state index in [9.17, 15) is 9.59 Å². The van der Waals surface area contributed by atoms with E-state index in [1.54, 1.807) is 4.90 Å². The minimum atomic E-state index is -0.949. The minimum absolute atomic E-state index is 0.0406. The van der Waals surface area contributed by atoms with Crippen LogP contribution in [-0.2, 0) is 9.59 Å². The average molecular weight is 252 g/mol. The van der Waals surface area contributed by atoms with E-state index in [2.05, 4.69) is 5.16 Å². The van der Waals surface area contributed by atoms with Crippen LogP contribution in [0.15, 0.2) is 10.6 Å². The SMILES string of the molecule is Cc1cc(C2CCCN2C(=O)CCC(=O)O)on1. The fourth-order valence-electron chi connectivity index (χ4n) is 2.26. The maximum Gasteiger partial charge on any atom is 0.303 e. The summed E-state index contributed by atoms with van der Waals surface area (Å²) in [6.45, 7) is 2.49. The lowest BCUT2D eigenvalue weighted by atomic mass is 10.1. The molecule has 1 N–H and O–H groups in total. The number of likely N-dealkylation sites (tertiary alicyclic amines) is 1. The number of carboxylic acid groups (broad SMARTS) is 1. The van der Waals surface area contributed by atoms with E-state index in [-0.39, 0.29) is 24.8 Å². The monoisotopic (exact) mass is 252 g/mol. The number of aromatic nitrogens is 1. The summed E-state index contributed by atoms with van der Waals surface area (Å²) in [5, 5.41) is 12.4. The first-order chi connectivity index (χ1) is 8.58. The highest BCUT2D eigenvalue weighted by Gasteiger charge is 2.32. The molecule has 1 saturated heterocycles. The standard InChI is InChI=1S/C12H16N2O4/c1-8-7-10(18-13-8)9-3-2-6-14(9)11(15)4-5-12(16)17/h7,9H,2-6H2,1H3,(H,16,17). The third-order valence-electron chi connectivity index (χ3n) is 3.10. The molecule has 0 aliphatic carbocycles. The third kappa shape index (κ3) is 2.69. The predicted octanol–water partition coefficient (Wildman–Crippen LogP) is 1.51. The first kappa shape index (κ1) is 12.6. The summed E-state index contributed by atoms with van der Waals surface area (Å²) in [5.74, 6) is -0.391. The molecule has 1 amide bonds. The van der Waals surface area contributed by atoms with Gasteiger partial charge >= 0.3 is 5.97 Å². The molecule has 0 spiro atoms. The summed E-state index contributed by atoms with van der Waals surface area (Å²) in [6, 6.07) is 1.74. The van der Waals surface area contributed by atoms with Crippen LogP contribution >= 0.6 is 0 Å². The number of aryl methyl sites for hydroxylation is 1. The zero-order valence-corrected chi connectivity index (χ0v) is 10.3. The Morgan fingerprint density at radius 1 is 1.56 bits per heavy atom. The summed E-state index contributed by atoms with van der Waals surface area (Å²) in [5.41, 5.74) is 0.787. The molecule has 98 valence electrons. The summed E-state index contributed by atoms with van der Waals surface area (Å²) >= 11 is 0. The second-order valence-corrected chi connectivity index (χ2v) is 4.51. The van der Waals surface area contributed by atoms with Gasteiger partial charge in [-0.25, -0.2) is 0 Å². The van der Waals surface area contributed by atoms with E-state index < -0.39 is 5.97 Å². The molecule has 0 saturated carbocycles. The normalized spacial score (nSPS) is 19.2. The number of hydrogen-bond acceptors (Lipinski definition) is 4. The van der Waals surface area contributed by atoms with Crippen LogP contribution in [0.2, 0.25) is 0 Å². The van der Waals surface area contributed by atoms with E-state index in [1.165, 1.54) is 0 Å². The van der Waals surface area contributed by atoms with Crippen molar-refractivity contribution in [3.63, 3.8) is 0 Å². The number of aliphatic carboxylic acids is 1. The van der Waals surface area contributed by atoms with E-state index in [1.807, 2.05) is 13.0 Å². The highest BCUT2D eigenvalue weighted by atomic mass is 16.5. The van der Waals surface area contributed by atoms with E-state index >= 15 is 0 Å². The van der Waals surface area contributed by atoms with Crippen LogP contribution in [0.1, 0.15) is 43.2 Å². The largest absolute Gasteiger partial charge is 0.481 e. The zero-order valence-electron chi connectivity index (χ0n) is 10.3. The molecule has 18 heavy (non-hydrogen) atoms. The van der Waals surface area contributed by atoms with Gasteiger partial charge in [-0.1, -0.05) is 5.16 Å². The fraction of sp³-hybridized carbons (Fsp3) is 0.583. The zero-order chi connectivity index (χ0) is 13.1. The second kappa shape index (κ2) is 5.20. The maximum absolute atomic E-state index is 11.9. The van der Waals surface area contributed by atoms with Crippen molar-refractivity contribution in [3.8, 4) is 0 Å². The molecule has 1 aromatic rings. The van der Waals surface area contributed by atoms with Gasteiger partial charge < -0.3 is 14.5 Å². The minimum Gasteiger partial charge on any atom is -0.481 e. The molecule has 1 aliphatic rings. The van der Waals surface area contributed by atoms with E-state index in [0.717, 1.165) is 18.5 Å². The Balaban J connectivity index is 2.03. The first-order valence-electron chi connectivity index (χ1n) is 6.02. The van der Waals surface area contributed by atoms with Crippen molar-refractivity contribution >= 4 is 11.9 Å². The highest BCUT2D eigenvalue weighted by molar-refractivity contribution is 5.81. The summed E-state index contributed by atoms with van der Waals surface area (Å²) in [4.78, 5) is 24.1. The van der Waals surface area contributed by atoms with Gasteiger partial charge in [0.05, 0.1) is 18.2 Å². The van der Waals surface area contributed by atoms with Gasteiger partial charge in [-0.05, 0) is 19.8 Å². The van der Waals surface area contributed by atoms with Gasteiger partial charge in [0, 0.05) is 19.0 Å². The molecule has 0 bridgehead atoms. The molecule has 1 aliphatic heterocycles. The topological polar surface area (TPSA) is 83.6 Å². The summed E-state index contributed by atoms with van der Waals surface area (Å²) < 4.78 is 5.19. The number of carbonyl (C=O) groups excluding carboxylic acids is 1. The molecule has 6 nitrogen and oxygen atoms in total. The Morgan fingerprint density at radius 3 is 2.94 bits per heavy atom. The molecule has 0 aromatic carbocycles. The van der Waals surface area contributed by atoms with Crippen molar-refractivity contribution in [1.29, 1.82) is 0 Å². The van der Waals surface area contributed by atoms with Crippen molar-refractivity contribution in [1.82, 2.24) is 10.1 Å². The number of hydrogen-bond donors (Lipinski definition) is 1. The van der Waals surface area contributed by atoms with Crippen molar-refractivity contribution in [3.05, 3.63) is 17.5 Å². The summed E-state index contributed by atoms with van der Waals surface area (Å²) in [6.07, 6.45) is 1.66. The lowest BCUT2D eigenvalue weighted by Gasteiger charge is -2.22. The Bertz CT molecular complexity index is 455. The van der Waals surface area contributed by atoms with Crippen molar-refractivity contribution < 1.29 is 19.2 Å². The fourth-order valence-corrected chi connectivity index (χ4v) is 2.26. The molecule has 1 atom stereocenters. The van der Waals surface area contributed by atoms with Gasteiger partial charge in [-0.15, -0.1) is 0 Å². The van der Waals surface area contributed by atoms with Gasteiger partial charge in [0.15, 0.2) is 5.76 Å². The Hall–Kier alpha value is -1.85. The molecule has 6 heteroatoms. The van der Waals surface area contributed by atoms with Crippen LogP contribution in [0, 0.1) is 6.92 Å². The molecular weight excluding hydrogens is 236 g/mol. The lowest BCUT2D eigenvalue weighted by molar-refractivity contribution is -0.141. The molecule has 2 heterocycles. The second-order valence-electron chi connectivity index (χ2n) is 4.51. The maximum atomic E-state index is 11.9. The van der Waals surface area contributed by atoms with Crippen LogP contribution in [0.25, 0.3) is 0 Å². The first-order valence-corrected chi connectivity index (χ1v) is 6.02. The van der Waals surface area contributed by atoms with Crippen LogP contribution in [-0.4, -0.2) is 33.6 Å². The molecular formula is C12H16N2O4. The molecule has 2 rings (SSSR count). The number of carbonyl (C=O) groups is 2. The smallest absolute Gasteiger partial charge is 0.303 e. The third-order valence-corrected chi connectivity index (χ3v) is 3.10. The van der Waals surface area contributed by atoms with Gasteiger partial charge in [0.2, 0.25) is 5.91 Å². The predicted molar refractivity (Wildman–Crippen MR) is 61.8 cm³/mol. The number of carboxylic acids is 1. The number of rotatable bonds is 4. The lowest BCUT2D eigenvalue weighted by Crippen LogP contribution is -2.30. The van der Waals surface area contributed by atoms with E-state index in [0.29, 0.717) is 12.3 Å². The molecule has 1 unspecified atom stereocenters. The van der Waals surface area contributed by atoms with Crippen LogP contribution < -0.4 is 0 Å². The summed E-state index contributed by atoms with van der Waals surface area (Å²) in [7, 11) is 0. The Labute approximate surface area is 105 Å². The van der Waals surface area contributed by atoms with E-state index in [4.69, 9.17) is 9.63 Å². The van der Waals surface area contributed by atoms with Crippen molar-refractivity contribution in [2.45, 2.75) is 38.6 Å². The van der Waals surface area contributed by atoms with Crippen LogP contribution in [0.3, 0.4) is 0 Å². The van der Waals surface area contributed by atoms with Gasteiger partial charge in [-0.3, -0.25) is 9.59 Å². The van der Waals surface area contributed by atoms with Crippen LogP contribution in [0.5, 0.6) is 0 Å². The quantitative estimate of drug-likeness (QED) is 0.878. The van der Waals surface area contributed by atoms with Gasteiger partial charge in [0.25, 0.3) is 0 Å². The molecule has 1 fully saturated rings. The molecule has 0 radical (unpaired) electrons. The van der Waals surface area contributed by atoms with Gasteiger partial charge in [0.1, 0.15) is 0 Å². The van der Waals surface area contributed by atoms with Gasteiger partial charge in [-0.2, -0.15) is 0 Å². The Kier molecular flexibility index (Phi) is 3.64. The van der Waals surface area contributed by atoms with Crippen LogP contribution in [0.4, 0.5) is 0 Å². The van der Waals surface area contributed by atoms with Crippen molar-refractivity contribution in [2.24, 2.45) is 0 Å². The number of amides is 1.